The maximum absolute atomic E-state index is 4.26. The van der Waals surface area contributed by atoms with Crippen molar-refractivity contribution in [2.24, 2.45) is 17.8 Å². The minimum absolute atomic E-state index is 0.449. The molecule has 1 aromatic rings. The van der Waals surface area contributed by atoms with Crippen LogP contribution < -0.4 is 5.32 Å². The maximum Gasteiger partial charge on any atom is 0.0538 e. The average molecular weight is 257 g/mol. The molecule has 3 heteroatoms. The molecule has 0 spiro atoms. The Morgan fingerprint density at radius 1 is 1.26 bits per heavy atom. The van der Waals surface area contributed by atoms with Crippen LogP contribution in [-0.4, -0.2) is 15.3 Å². The number of aromatic nitrogens is 2. The minimum Gasteiger partial charge on any atom is -0.307 e. The van der Waals surface area contributed by atoms with Crippen molar-refractivity contribution in [3.05, 3.63) is 24.5 Å². The molecule has 4 bridgehead atoms. The lowest BCUT2D eigenvalue weighted by Crippen LogP contribution is -2.58. The number of hydrogen-bond donors (Lipinski definition) is 1. The Balaban J connectivity index is 1.46. The first-order valence-corrected chi connectivity index (χ1v) is 7.65. The van der Waals surface area contributed by atoms with Gasteiger partial charge in [0.1, 0.15) is 0 Å². The van der Waals surface area contributed by atoms with E-state index in [1.165, 1.54) is 44.1 Å². The molecule has 3 nitrogen and oxygen atoms in total. The molecule has 1 N–H and O–H groups in total. The lowest BCUT2D eigenvalue weighted by molar-refractivity contribution is -0.0206. The molecule has 0 aliphatic heterocycles. The van der Waals surface area contributed by atoms with Gasteiger partial charge in [-0.15, -0.1) is 0 Å². The summed E-state index contributed by atoms with van der Waals surface area (Å²) < 4.78 is 1.79. The van der Waals surface area contributed by atoms with Crippen LogP contribution in [0.5, 0.6) is 0 Å². The molecule has 4 aliphatic rings. The molecule has 0 atom stereocenters. The first-order chi connectivity index (χ1) is 9.25. The van der Waals surface area contributed by atoms with Crippen molar-refractivity contribution in [2.45, 2.75) is 50.6 Å². The van der Waals surface area contributed by atoms with Crippen molar-refractivity contribution >= 4 is 6.20 Å². The van der Waals surface area contributed by atoms with Crippen LogP contribution in [-0.2, 0) is 6.54 Å². The fourth-order valence-electron chi connectivity index (χ4n) is 5.19. The molecule has 4 aliphatic carbocycles. The Bertz CT molecular complexity index is 453. The van der Waals surface area contributed by atoms with Gasteiger partial charge in [0.25, 0.3) is 0 Å². The van der Waals surface area contributed by atoms with E-state index < -0.39 is 0 Å². The SMILES string of the molecule is C=Cn1cc(CNC23CC4CC(CC(C4)C2)C3)cn1. The van der Waals surface area contributed by atoms with Gasteiger partial charge in [0, 0.05) is 30.0 Å². The van der Waals surface area contributed by atoms with E-state index in [2.05, 4.69) is 23.2 Å². The van der Waals surface area contributed by atoms with Crippen LogP contribution in [0.3, 0.4) is 0 Å². The molecule has 0 unspecified atom stereocenters. The average Bonchev–Trinajstić information content (AvgIpc) is 2.83. The fourth-order valence-corrected chi connectivity index (χ4v) is 5.19. The van der Waals surface area contributed by atoms with Gasteiger partial charge >= 0.3 is 0 Å². The van der Waals surface area contributed by atoms with Gasteiger partial charge in [0.2, 0.25) is 0 Å². The van der Waals surface area contributed by atoms with Crippen LogP contribution in [0, 0.1) is 17.8 Å². The highest BCUT2D eigenvalue weighted by molar-refractivity contribution is 5.18. The summed E-state index contributed by atoms with van der Waals surface area (Å²) in [6.45, 7) is 4.70. The molecule has 1 heterocycles. The summed E-state index contributed by atoms with van der Waals surface area (Å²) >= 11 is 0. The molecule has 19 heavy (non-hydrogen) atoms. The third kappa shape index (κ3) is 2.04. The molecule has 0 saturated heterocycles. The highest BCUT2D eigenvalue weighted by atomic mass is 15.2. The van der Waals surface area contributed by atoms with Crippen LogP contribution in [0.4, 0.5) is 0 Å². The summed E-state index contributed by atoms with van der Waals surface area (Å²) in [5, 5.41) is 8.15. The molecular formula is C16H23N3. The smallest absolute Gasteiger partial charge is 0.0538 e. The molecule has 0 amide bonds. The molecule has 102 valence electrons. The van der Waals surface area contributed by atoms with Gasteiger partial charge < -0.3 is 5.32 Å². The van der Waals surface area contributed by atoms with E-state index in [1.807, 2.05) is 6.20 Å². The van der Waals surface area contributed by atoms with Gasteiger partial charge in [0.05, 0.1) is 6.20 Å². The topological polar surface area (TPSA) is 29.9 Å². The lowest BCUT2D eigenvalue weighted by Gasteiger charge is -2.57. The van der Waals surface area contributed by atoms with Crippen molar-refractivity contribution in [3.8, 4) is 0 Å². The number of nitrogens with zero attached hydrogens (tertiary/aromatic N) is 2. The van der Waals surface area contributed by atoms with Crippen LogP contribution in [0.15, 0.2) is 19.0 Å². The molecule has 1 aromatic heterocycles. The van der Waals surface area contributed by atoms with Crippen LogP contribution >= 0.6 is 0 Å². The second-order valence-electron chi connectivity index (χ2n) is 7.06. The molecular weight excluding hydrogens is 234 g/mol. The zero-order chi connectivity index (χ0) is 12.9. The van der Waals surface area contributed by atoms with Crippen molar-refractivity contribution in [2.75, 3.05) is 0 Å². The normalized spacial score (nSPS) is 39.7. The summed E-state index contributed by atoms with van der Waals surface area (Å²) in [4.78, 5) is 0. The zero-order valence-corrected chi connectivity index (χ0v) is 11.5. The standard InChI is InChI=1S/C16H23N3/c1-2-19-11-15(10-18-19)9-17-16-6-12-3-13(7-16)5-14(4-12)8-16/h2,10-14,17H,1,3-9H2. The second-order valence-corrected chi connectivity index (χ2v) is 7.06. The Labute approximate surface area is 115 Å². The van der Waals surface area contributed by atoms with Gasteiger partial charge in [-0.25, -0.2) is 4.68 Å². The molecule has 0 radical (unpaired) electrons. The predicted molar refractivity (Wildman–Crippen MR) is 76.4 cm³/mol. The van der Waals surface area contributed by atoms with Crippen LogP contribution in [0.25, 0.3) is 6.20 Å². The van der Waals surface area contributed by atoms with Crippen LogP contribution in [0.2, 0.25) is 0 Å². The molecule has 4 saturated carbocycles. The van der Waals surface area contributed by atoms with E-state index >= 15 is 0 Å². The molecule has 0 aromatic carbocycles. The molecule has 4 fully saturated rings. The van der Waals surface area contributed by atoms with E-state index in [0.717, 1.165) is 24.3 Å². The largest absolute Gasteiger partial charge is 0.307 e. The third-order valence-corrected chi connectivity index (χ3v) is 5.55. The van der Waals surface area contributed by atoms with Gasteiger partial charge in [0.15, 0.2) is 0 Å². The van der Waals surface area contributed by atoms with Gasteiger partial charge in [-0.3, -0.25) is 0 Å². The Morgan fingerprint density at radius 2 is 1.89 bits per heavy atom. The predicted octanol–water partition coefficient (Wildman–Crippen LogP) is 3.04. The summed E-state index contributed by atoms with van der Waals surface area (Å²) in [5.41, 5.74) is 1.72. The van der Waals surface area contributed by atoms with Crippen molar-refractivity contribution in [3.63, 3.8) is 0 Å². The van der Waals surface area contributed by atoms with Gasteiger partial charge in [-0.05, 0) is 56.3 Å². The van der Waals surface area contributed by atoms with E-state index in [-0.39, 0.29) is 0 Å². The summed E-state index contributed by atoms with van der Waals surface area (Å²) in [6.07, 6.45) is 14.5. The molecule has 5 rings (SSSR count). The number of rotatable bonds is 4. The second kappa shape index (κ2) is 4.20. The minimum atomic E-state index is 0.449. The lowest BCUT2D eigenvalue weighted by atomic mass is 9.53. The first-order valence-electron chi connectivity index (χ1n) is 7.65. The summed E-state index contributed by atoms with van der Waals surface area (Å²) in [5.74, 6) is 3.03. The van der Waals surface area contributed by atoms with Crippen molar-refractivity contribution in [1.82, 2.24) is 15.1 Å². The number of hydrogen-bond acceptors (Lipinski definition) is 2. The van der Waals surface area contributed by atoms with E-state index in [1.54, 1.807) is 10.9 Å². The number of nitrogens with one attached hydrogen (secondary N) is 1. The van der Waals surface area contributed by atoms with Crippen molar-refractivity contribution in [1.29, 1.82) is 0 Å². The van der Waals surface area contributed by atoms with E-state index in [0.29, 0.717) is 5.54 Å². The summed E-state index contributed by atoms with van der Waals surface area (Å²) in [6, 6.07) is 0. The van der Waals surface area contributed by atoms with Crippen molar-refractivity contribution < 1.29 is 0 Å². The monoisotopic (exact) mass is 257 g/mol. The van der Waals surface area contributed by atoms with Gasteiger partial charge in [-0.2, -0.15) is 5.10 Å². The third-order valence-electron chi connectivity index (χ3n) is 5.55. The summed E-state index contributed by atoms with van der Waals surface area (Å²) in [7, 11) is 0. The van der Waals surface area contributed by atoms with E-state index in [4.69, 9.17) is 0 Å². The highest BCUT2D eigenvalue weighted by Gasteiger charge is 2.50. The maximum atomic E-state index is 4.26. The fraction of sp³-hybridized carbons (Fsp3) is 0.688. The van der Waals surface area contributed by atoms with Gasteiger partial charge in [-0.1, -0.05) is 6.58 Å². The quantitative estimate of drug-likeness (QED) is 0.898. The highest BCUT2D eigenvalue weighted by Crippen LogP contribution is 2.55. The Hall–Kier alpha value is -1.09. The van der Waals surface area contributed by atoms with Crippen LogP contribution in [0.1, 0.15) is 44.1 Å². The Morgan fingerprint density at radius 3 is 2.42 bits per heavy atom. The zero-order valence-electron chi connectivity index (χ0n) is 11.5. The Kier molecular flexibility index (Phi) is 2.59. The van der Waals surface area contributed by atoms with E-state index in [9.17, 15) is 0 Å². The first kappa shape index (κ1) is 11.7.